The fourth-order valence-corrected chi connectivity index (χ4v) is 4.76. The number of hydrogen-bond donors (Lipinski definition) is 0. The molecule has 12 heteroatoms. The fourth-order valence-electron chi connectivity index (χ4n) is 4.76. The van der Waals surface area contributed by atoms with Crippen LogP contribution in [0.3, 0.4) is 0 Å². The van der Waals surface area contributed by atoms with E-state index in [1.807, 2.05) is 0 Å². The molecule has 1 saturated heterocycles. The van der Waals surface area contributed by atoms with Gasteiger partial charge in [-0.2, -0.15) is 0 Å². The molecule has 2 aromatic rings. The molecule has 1 fully saturated rings. The summed E-state index contributed by atoms with van der Waals surface area (Å²) in [6, 6.07) is 3.37. The smallest absolute Gasteiger partial charge is 0.410 e. The highest BCUT2D eigenvalue weighted by molar-refractivity contribution is 6.15. The minimum absolute atomic E-state index is 0.00532. The van der Waals surface area contributed by atoms with Crippen molar-refractivity contribution in [3.8, 4) is 46.0 Å². The molecule has 3 aliphatic rings. The quantitative estimate of drug-likeness (QED) is 0.465. The lowest BCUT2D eigenvalue weighted by Gasteiger charge is -2.29. The van der Waals surface area contributed by atoms with Crippen molar-refractivity contribution in [2.45, 2.75) is 6.92 Å². The van der Waals surface area contributed by atoms with Crippen molar-refractivity contribution in [1.82, 2.24) is 4.90 Å². The summed E-state index contributed by atoms with van der Waals surface area (Å²) in [6.07, 6.45) is 2.72. The van der Waals surface area contributed by atoms with E-state index in [4.69, 9.17) is 42.6 Å². The predicted molar refractivity (Wildman–Crippen MR) is 141 cm³/mol. The summed E-state index contributed by atoms with van der Waals surface area (Å²) in [5.74, 6) is 2.85. The Kier molecular flexibility index (Phi) is 7.50. The zero-order chi connectivity index (χ0) is 28.4. The maximum atomic E-state index is 13.9. The van der Waals surface area contributed by atoms with Crippen LogP contribution < -0.4 is 37.9 Å². The van der Waals surface area contributed by atoms with Gasteiger partial charge in [0.25, 0.3) is 0 Å². The van der Waals surface area contributed by atoms with Crippen LogP contribution in [-0.4, -0.2) is 78.5 Å². The number of hydrogen-bond acceptors (Lipinski definition) is 11. The number of carbonyl (C=O) groups excluding carboxylic acids is 2. The van der Waals surface area contributed by atoms with Gasteiger partial charge in [0, 0.05) is 22.3 Å². The molecular formula is C28H29NO11. The lowest BCUT2D eigenvalue weighted by molar-refractivity contribution is -0.113. The molecule has 0 radical (unpaired) electrons. The summed E-state index contributed by atoms with van der Waals surface area (Å²) in [6.45, 7) is 1.93. The van der Waals surface area contributed by atoms with Gasteiger partial charge in [0.1, 0.15) is 0 Å². The Hall–Kier alpha value is -4.74. The van der Waals surface area contributed by atoms with Crippen molar-refractivity contribution < 1.29 is 52.2 Å². The van der Waals surface area contributed by atoms with Crippen LogP contribution in [0.2, 0.25) is 0 Å². The van der Waals surface area contributed by atoms with Gasteiger partial charge in [0.05, 0.1) is 48.1 Å². The highest BCUT2D eigenvalue weighted by Gasteiger charge is 2.33. The van der Waals surface area contributed by atoms with Crippen LogP contribution in [0.5, 0.6) is 46.0 Å². The first-order chi connectivity index (χ1) is 19.4. The molecule has 0 aliphatic carbocycles. The predicted octanol–water partition coefficient (Wildman–Crippen LogP) is 3.69. The Balaban J connectivity index is 1.63. The summed E-state index contributed by atoms with van der Waals surface area (Å²) in [4.78, 5) is 28.1. The second-order valence-corrected chi connectivity index (χ2v) is 8.76. The van der Waals surface area contributed by atoms with Gasteiger partial charge >= 0.3 is 6.09 Å². The van der Waals surface area contributed by atoms with Crippen LogP contribution in [0.15, 0.2) is 23.3 Å². The minimum atomic E-state index is -0.558. The van der Waals surface area contributed by atoms with Gasteiger partial charge < -0.3 is 42.6 Å². The topological polar surface area (TPSA) is 120 Å². The number of carbonyl (C=O) groups is 2. The molecule has 0 N–H and O–H groups in total. The molecule has 212 valence electrons. The number of fused-ring (bicyclic) bond motifs is 2. The summed E-state index contributed by atoms with van der Waals surface area (Å²) >= 11 is 0. The largest absolute Gasteiger partial charge is 0.493 e. The van der Waals surface area contributed by atoms with Gasteiger partial charge in [-0.15, -0.1) is 0 Å². The second-order valence-electron chi connectivity index (χ2n) is 8.76. The Morgan fingerprint density at radius 3 is 1.62 bits per heavy atom. The Bertz CT molecular complexity index is 1320. The number of ketones is 1. The number of nitrogens with zero attached hydrogens (tertiary/aromatic N) is 1. The van der Waals surface area contributed by atoms with E-state index >= 15 is 0 Å². The lowest BCUT2D eigenvalue weighted by Crippen LogP contribution is -2.41. The molecule has 0 saturated carbocycles. The van der Waals surface area contributed by atoms with Crippen LogP contribution in [0.1, 0.15) is 18.1 Å². The van der Waals surface area contributed by atoms with Gasteiger partial charge in [0.2, 0.25) is 36.6 Å². The molecular weight excluding hydrogens is 526 g/mol. The van der Waals surface area contributed by atoms with Gasteiger partial charge in [-0.25, -0.2) is 4.79 Å². The van der Waals surface area contributed by atoms with E-state index in [1.165, 1.54) is 33.3 Å². The Labute approximate surface area is 230 Å². The number of rotatable bonds is 7. The van der Waals surface area contributed by atoms with E-state index in [1.54, 1.807) is 31.2 Å². The van der Waals surface area contributed by atoms with Gasteiger partial charge in [-0.1, -0.05) is 0 Å². The molecule has 0 unspecified atom stereocenters. The highest BCUT2D eigenvalue weighted by Crippen LogP contribution is 2.51. The van der Waals surface area contributed by atoms with Crippen LogP contribution in [-0.2, 0) is 9.53 Å². The molecule has 12 nitrogen and oxygen atoms in total. The summed E-state index contributed by atoms with van der Waals surface area (Å²) in [5.41, 5.74) is 1.66. The van der Waals surface area contributed by atoms with Crippen LogP contribution in [0.4, 0.5) is 4.79 Å². The molecule has 5 rings (SSSR count). The molecule has 0 aromatic heterocycles. The maximum absolute atomic E-state index is 13.9. The Morgan fingerprint density at radius 2 is 1.23 bits per heavy atom. The van der Waals surface area contributed by atoms with Crippen molar-refractivity contribution in [3.05, 3.63) is 34.4 Å². The first-order valence-corrected chi connectivity index (χ1v) is 12.4. The molecule has 0 spiro atoms. The standard InChI is InChI=1S/C28H29NO11/c1-6-36-28(31)29-11-17(7-15-9-19(32-2)24-26(22(15)34-4)39-13-37-24)21(30)18(12-29)8-16-10-20(33-3)25-27(23(16)35-5)40-14-38-25/h7-10H,6,11-14H2,1-5H3/b17-7+,18-8+. The molecule has 40 heavy (non-hydrogen) atoms. The van der Waals surface area contributed by atoms with E-state index in [-0.39, 0.29) is 39.1 Å². The van der Waals surface area contributed by atoms with Crippen molar-refractivity contribution in [3.63, 3.8) is 0 Å². The van der Waals surface area contributed by atoms with Crippen molar-refractivity contribution in [2.24, 2.45) is 0 Å². The molecule has 3 aliphatic heterocycles. The first-order valence-electron chi connectivity index (χ1n) is 12.4. The van der Waals surface area contributed by atoms with E-state index in [9.17, 15) is 9.59 Å². The van der Waals surface area contributed by atoms with Crippen LogP contribution >= 0.6 is 0 Å². The number of benzene rings is 2. The van der Waals surface area contributed by atoms with Gasteiger partial charge in [-0.3, -0.25) is 9.69 Å². The van der Waals surface area contributed by atoms with Gasteiger partial charge in [0.15, 0.2) is 28.8 Å². The second kappa shape index (κ2) is 11.2. The monoisotopic (exact) mass is 555 g/mol. The highest BCUT2D eigenvalue weighted by atomic mass is 16.7. The number of likely N-dealkylation sites (tertiary alicyclic amines) is 1. The van der Waals surface area contributed by atoms with E-state index in [0.717, 1.165) is 0 Å². The van der Waals surface area contributed by atoms with Crippen LogP contribution in [0, 0.1) is 0 Å². The fraction of sp³-hybridized carbons (Fsp3) is 0.357. The van der Waals surface area contributed by atoms with Crippen molar-refractivity contribution in [2.75, 3.05) is 61.7 Å². The summed E-state index contributed by atoms with van der Waals surface area (Å²) in [7, 11) is 5.99. The molecule has 1 amide bonds. The minimum Gasteiger partial charge on any atom is -0.493 e. The van der Waals surface area contributed by atoms with Crippen molar-refractivity contribution >= 4 is 24.0 Å². The third kappa shape index (κ3) is 4.65. The number of amides is 1. The Morgan fingerprint density at radius 1 is 0.775 bits per heavy atom. The zero-order valence-corrected chi connectivity index (χ0v) is 22.8. The lowest BCUT2D eigenvalue weighted by atomic mass is 9.93. The summed E-state index contributed by atoms with van der Waals surface area (Å²) in [5, 5.41) is 0. The van der Waals surface area contributed by atoms with E-state index in [0.29, 0.717) is 68.3 Å². The van der Waals surface area contributed by atoms with Gasteiger partial charge in [-0.05, 0) is 31.2 Å². The average molecular weight is 556 g/mol. The zero-order valence-electron chi connectivity index (χ0n) is 22.8. The van der Waals surface area contributed by atoms with Crippen LogP contribution in [0.25, 0.3) is 12.2 Å². The normalized spacial score (nSPS) is 17.3. The third-order valence-corrected chi connectivity index (χ3v) is 6.52. The molecule has 0 atom stereocenters. The SMILES string of the molecule is CCOC(=O)N1C/C(=C\c2cc(OC)c3c(c2OC)OCO3)C(=O)/C(=C/c2cc(OC)c3c(c2OC)OCO3)C1. The van der Waals surface area contributed by atoms with Crippen molar-refractivity contribution in [1.29, 1.82) is 0 Å². The summed E-state index contributed by atoms with van der Waals surface area (Å²) < 4.78 is 49.7. The maximum Gasteiger partial charge on any atom is 0.410 e. The number of ether oxygens (including phenoxy) is 9. The number of Topliss-reactive ketones (excluding diaryl/α,β-unsaturated/α-hetero) is 1. The van der Waals surface area contributed by atoms with E-state index < -0.39 is 6.09 Å². The third-order valence-electron chi connectivity index (χ3n) is 6.52. The molecule has 0 bridgehead atoms. The number of methoxy groups -OCH3 is 4. The first kappa shape index (κ1) is 26.9. The molecule has 3 heterocycles. The molecule has 2 aromatic carbocycles. The average Bonchev–Trinajstić information content (AvgIpc) is 3.65. The number of piperidine rings is 1. The van der Waals surface area contributed by atoms with E-state index in [2.05, 4.69) is 0 Å².